The van der Waals surface area contributed by atoms with Crippen molar-refractivity contribution in [1.82, 2.24) is 24.1 Å². The first-order chi connectivity index (χ1) is 17.7. The number of rotatable bonds is 8. The maximum Gasteiger partial charge on any atom is 0.213 e. The Kier molecular flexibility index (Phi) is 5.97. The van der Waals surface area contributed by atoms with Crippen LogP contribution < -0.4 is 4.74 Å². The second kappa shape index (κ2) is 9.57. The third-order valence-electron chi connectivity index (χ3n) is 7.01. The average molecular weight is 480 g/mol. The van der Waals surface area contributed by atoms with Gasteiger partial charge in [-0.05, 0) is 61.9 Å². The molecule has 0 spiro atoms. The minimum atomic E-state index is 0.0365. The fraction of sp³-hybridized carbons (Fsp3) is 0.310. The molecule has 0 saturated heterocycles. The molecule has 1 aliphatic carbocycles. The average Bonchev–Trinajstić information content (AvgIpc) is 3.64. The van der Waals surface area contributed by atoms with Gasteiger partial charge in [0, 0.05) is 24.1 Å². The first-order valence-electron chi connectivity index (χ1n) is 12.7. The van der Waals surface area contributed by atoms with Crippen LogP contribution in [0.5, 0.6) is 5.88 Å². The second-order valence-corrected chi connectivity index (χ2v) is 9.43. The van der Waals surface area contributed by atoms with E-state index in [0.717, 1.165) is 52.8 Å². The molecular formula is C29H29N5O2. The summed E-state index contributed by atoms with van der Waals surface area (Å²) in [5, 5.41) is 5.98. The van der Waals surface area contributed by atoms with E-state index in [4.69, 9.17) is 14.8 Å². The fourth-order valence-electron chi connectivity index (χ4n) is 5.24. The number of nitrogens with zero attached hydrogens (tertiary/aromatic N) is 5. The molecule has 0 aliphatic heterocycles. The summed E-state index contributed by atoms with van der Waals surface area (Å²) < 4.78 is 9.96. The van der Waals surface area contributed by atoms with E-state index < -0.39 is 0 Å². The molecule has 6 rings (SSSR count). The molecule has 0 amide bonds. The summed E-state index contributed by atoms with van der Waals surface area (Å²) in [7, 11) is 0. The lowest BCUT2D eigenvalue weighted by Gasteiger charge is -2.13. The lowest BCUT2D eigenvalue weighted by atomic mass is 10.0. The highest BCUT2D eigenvalue weighted by molar-refractivity contribution is 5.99. The first kappa shape index (κ1) is 22.5. The van der Waals surface area contributed by atoms with Crippen molar-refractivity contribution in [1.29, 1.82) is 0 Å². The summed E-state index contributed by atoms with van der Waals surface area (Å²) >= 11 is 0. The van der Waals surface area contributed by atoms with Crippen molar-refractivity contribution in [3.8, 4) is 5.88 Å². The number of ketones is 1. The quantitative estimate of drug-likeness (QED) is 0.277. The van der Waals surface area contributed by atoms with Crippen LogP contribution in [0, 0.1) is 0 Å². The summed E-state index contributed by atoms with van der Waals surface area (Å²) in [5.41, 5.74) is 5.26. The number of imidazole rings is 1. The van der Waals surface area contributed by atoms with Gasteiger partial charge in [-0.3, -0.25) is 13.9 Å². The zero-order valence-electron chi connectivity index (χ0n) is 20.4. The van der Waals surface area contributed by atoms with Gasteiger partial charge in [-0.1, -0.05) is 31.2 Å². The van der Waals surface area contributed by atoms with E-state index in [1.54, 1.807) is 6.20 Å². The molecule has 4 heterocycles. The van der Waals surface area contributed by atoms with Gasteiger partial charge < -0.3 is 4.74 Å². The van der Waals surface area contributed by atoms with Gasteiger partial charge in [0.05, 0.1) is 29.6 Å². The van der Waals surface area contributed by atoms with Crippen LogP contribution in [0.3, 0.4) is 0 Å². The lowest BCUT2D eigenvalue weighted by molar-refractivity contribution is 0.0987. The first-order valence-corrected chi connectivity index (χ1v) is 12.7. The molecule has 0 bridgehead atoms. The third-order valence-corrected chi connectivity index (χ3v) is 7.01. The van der Waals surface area contributed by atoms with E-state index in [2.05, 4.69) is 18.0 Å². The molecule has 4 aromatic heterocycles. The van der Waals surface area contributed by atoms with Gasteiger partial charge in [0.2, 0.25) is 5.88 Å². The van der Waals surface area contributed by atoms with Crippen molar-refractivity contribution >= 4 is 22.3 Å². The number of aromatic nitrogens is 5. The Labute approximate surface area is 209 Å². The highest BCUT2D eigenvalue weighted by Gasteiger charge is 2.19. The summed E-state index contributed by atoms with van der Waals surface area (Å²) in [4.78, 5) is 22.4. The van der Waals surface area contributed by atoms with Gasteiger partial charge in [-0.15, -0.1) is 0 Å². The Bertz CT molecular complexity index is 1540. The van der Waals surface area contributed by atoms with Crippen LogP contribution in [0.4, 0.5) is 0 Å². The molecule has 1 aromatic carbocycles. The summed E-state index contributed by atoms with van der Waals surface area (Å²) in [5.74, 6) is 0.723. The number of hydrogen-bond donors (Lipinski definition) is 0. The van der Waals surface area contributed by atoms with Gasteiger partial charge >= 0.3 is 0 Å². The summed E-state index contributed by atoms with van der Waals surface area (Å²) in [6, 6.07) is 17.8. The van der Waals surface area contributed by atoms with Crippen LogP contribution in [0.2, 0.25) is 0 Å². The van der Waals surface area contributed by atoms with Crippen LogP contribution in [-0.4, -0.2) is 36.0 Å². The Morgan fingerprint density at radius 1 is 1.06 bits per heavy atom. The number of benzene rings is 1. The number of fused-ring (bicyclic) bond motifs is 2. The molecule has 0 unspecified atom stereocenters. The maximum absolute atomic E-state index is 13.3. The van der Waals surface area contributed by atoms with E-state index in [9.17, 15) is 4.79 Å². The van der Waals surface area contributed by atoms with E-state index in [0.29, 0.717) is 24.5 Å². The standard InChI is InChI=1S/C29H29N5O2/c1-2-23-29-20(17-26(35)25-18-30-27-14-5-6-16-33(25)27)9-7-13-24(29)34(32-23)19-21-10-8-15-28(31-21)36-22-11-3-4-12-22/h5-10,13-16,18,22H,2-4,11-12,17,19H2,1H3. The zero-order chi connectivity index (χ0) is 24.5. The van der Waals surface area contributed by atoms with Crippen LogP contribution in [0.15, 0.2) is 67.0 Å². The highest BCUT2D eigenvalue weighted by atomic mass is 16.5. The SMILES string of the molecule is CCc1nn(Cc2cccc(OC3CCCC3)n2)c2cccc(CC(=O)c3cnc4ccccn34)c12. The Balaban J connectivity index is 1.29. The number of Topliss-reactive ketones (excluding diaryl/α,β-unsaturated/α-hetero) is 1. The molecule has 0 radical (unpaired) electrons. The van der Waals surface area contributed by atoms with Crippen molar-refractivity contribution in [3.63, 3.8) is 0 Å². The zero-order valence-corrected chi connectivity index (χ0v) is 20.4. The summed E-state index contributed by atoms with van der Waals surface area (Å²) in [6.45, 7) is 2.65. The topological polar surface area (TPSA) is 74.3 Å². The van der Waals surface area contributed by atoms with Gasteiger partial charge in [0.15, 0.2) is 5.78 Å². The van der Waals surface area contributed by atoms with Crippen LogP contribution in [-0.2, 0) is 19.4 Å². The van der Waals surface area contributed by atoms with E-state index in [-0.39, 0.29) is 11.9 Å². The van der Waals surface area contributed by atoms with E-state index >= 15 is 0 Å². The van der Waals surface area contributed by atoms with Crippen molar-refractivity contribution in [2.75, 3.05) is 0 Å². The maximum atomic E-state index is 13.3. The van der Waals surface area contributed by atoms with Crippen molar-refractivity contribution in [2.45, 2.75) is 58.1 Å². The molecule has 1 aliphatic rings. The number of carbonyl (C=O) groups excluding carboxylic acids is 1. The molecule has 1 fully saturated rings. The number of aryl methyl sites for hydroxylation is 1. The van der Waals surface area contributed by atoms with Gasteiger partial charge in [0.1, 0.15) is 17.4 Å². The van der Waals surface area contributed by atoms with Crippen molar-refractivity contribution < 1.29 is 9.53 Å². The minimum Gasteiger partial charge on any atom is -0.474 e. The molecule has 182 valence electrons. The van der Waals surface area contributed by atoms with Crippen LogP contribution >= 0.6 is 0 Å². The predicted molar refractivity (Wildman–Crippen MR) is 139 cm³/mol. The predicted octanol–water partition coefficient (Wildman–Crippen LogP) is 5.44. The molecule has 1 saturated carbocycles. The van der Waals surface area contributed by atoms with Gasteiger partial charge in [-0.25, -0.2) is 9.97 Å². The Morgan fingerprint density at radius 2 is 1.92 bits per heavy atom. The monoisotopic (exact) mass is 479 g/mol. The number of carbonyl (C=O) groups is 1. The Hall–Kier alpha value is -4.00. The second-order valence-electron chi connectivity index (χ2n) is 9.43. The lowest BCUT2D eigenvalue weighted by Crippen LogP contribution is -2.12. The normalized spacial score (nSPS) is 14.1. The molecular weight excluding hydrogens is 450 g/mol. The number of hydrogen-bond acceptors (Lipinski definition) is 5. The molecule has 5 aromatic rings. The summed E-state index contributed by atoms with van der Waals surface area (Å²) in [6.07, 6.45) is 9.55. The molecule has 7 heteroatoms. The van der Waals surface area contributed by atoms with Gasteiger partial charge in [-0.2, -0.15) is 5.10 Å². The molecule has 0 atom stereocenters. The minimum absolute atomic E-state index is 0.0365. The van der Waals surface area contributed by atoms with E-state index in [1.807, 2.05) is 63.8 Å². The van der Waals surface area contributed by atoms with E-state index in [1.165, 1.54) is 12.8 Å². The largest absolute Gasteiger partial charge is 0.474 e. The molecule has 36 heavy (non-hydrogen) atoms. The van der Waals surface area contributed by atoms with Crippen molar-refractivity contribution in [3.05, 3.63) is 89.6 Å². The van der Waals surface area contributed by atoms with Crippen molar-refractivity contribution in [2.24, 2.45) is 0 Å². The van der Waals surface area contributed by atoms with Crippen LogP contribution in [0.1, 0.15) is 60.0 Å². The van der Waals surface area contributed by atoms with Gasteiger partial charge in [0.25, 0.3) is 0 Å². The fourth-order valence-corrected chi connectivity index (χ4v) is 5.24. The third kappa shape index (κ3) is 4.26. The number of pyridine rings is 2. The molecule has 7 nitrogen and oxygen atoms in total. The number of ether oxygens (including phenoxy) is 1. The Morgan fingerprint density at radius 3 is 2.78 bits per heavy atom. The highest BCUT2D eigenvalue weighted by Crippen LogP contribution is 2.27. The smallest absolute Gasteiger partial charge is 0.213 e. The molecule has 0 N–H and O–H groups in total. The van der Waals surface area contributed by atoms with Crippen LogP contribution in [0.25, 0.3) is 16.6 Å².